The minimum atomic E-state index is 0.247. The van der Waals surface area contributed by atoms with Crippen LogP contribution in [0.25, 0.3) is 11.2 Å². The predicted octanol–water partition coefficient (Wildman–Crippen LogP) is 4.83. The molecule has 0 aliphatic heterocycles. The van der Waals surface area contributed by atoms with Crippen molar-refractivity contribution in [1.82, 2.24) is 19.5 Å². The lowest BCUT2D eigenvalue weighted by Gasteiger charge is -2.15. The Morgan fingerprint density at radius 1 is 1.00 bits per heavy atom. The molecule has 0 aliphatic carbocycles. The zero-order valence-corrected chi connectivity index (χ0v) is 17.8. The summed E-state index contributed by atoms with van der Waals surface area (Å²) in [6.07, 6.45) is 1.83. The molecule has 0 amide bonds. The number of aromatic nitrogens is 4. The highest BCUT2D eigenvalue weighted by Crippen LogP contribution is 2.26. The summed E-state index contributed by atoms with van der Waals surface area (Å²) >= 11 is 0. The number of fused-ring (bicyclic) bond motifs is 1. The average Bonchev–Trinajstić information content (AvgIpc) is 3.17. The van der Waals surface area contributed by atoms with E-state index >= 15 is 0 Å². The van der Waals surface area contributed by atoms with Crippen molar-refractivity contribution in [1.29, 1.82) is 0 Å². The van der Waals surface area contributed by atoms with Crippen LogP contribution in [-0.4, -0.2) is 33.6 Å². The molecule has 0 atom stereocenters. The molecule has 0 aliphatic rings. The second kappa shape index (κ2) is 8.41. The first-order chi connectivity index (χ1) is 14.5. The van der Waals surface area contributed by atoms with Gasteiger partial charge < -0.3 is 20.1 Å². The Balaban J connectivity index is 1.70. The van der Waals surface area contributed by atoms with Crippen molar-refractivity contribution in [3.63, 3.8) is 0 Å². The third-order valence-electron chi connectivity index (χ3n) is 4.90. The van der Waals surface area contributed by atoms with Crippen LogP contribution in [0.1, 0.15) is 25.5 Å². The van der Waals surface area contributed by atoms with E-state index in [0.29, 0.717) is 12.5 Å². The molecule has 2 N–H and O–H groups in total. The summed E-state index contributed by atoms with van der Waals surface area (Å²) in [6, 6.07) is 18.7. The summed E-state index contributed by atoms with van der Waals surface area (Å²) in [5.74, 6) is 1.26. The summed E-state index contributed by atoms with van der Waals surface area (Å²) in [6.45, 7) is 4.90. The van der Waals surface area contributed by atoms with Crippen molar-refractivity contribution in [3.05, 3.63) is 66.5 Å². The second-order valence-electron chi connectivity index (χ2n) is 7.72. The van der Waals surface area contributed by atoms with E-state index in [1.54, 1.807) is 0 Å². The van der Waals surface area contributed by atoms with E-state index in [0.717, 1.165) is 28.4 Å². The SMILES string of the molecule is CC(C)n1cnc2c(NCc3ccccc3)nc(Nc3cccc(N(C)C)c3)nc21. The van der Waals surface area contributed by atoms with Gasteiger partial charge in [-0.1, -0.05) is 36.4 Å². The van der Waals surface area contributed by atoms with Crippen molar-refractivity contribution < 1.29 is 0 Å². The largest absolute Gasteiger partial charge is 0.378 e. The third-order valence-corrected chi connectivity index (χ3v) is 4.90. The van der Waals surface area contributed by atoms with Gasteiger partial charge in [-0.15, -0.1) is 0 Å². The molecule has 2 aromatic heterocycles. The van der Waals surface area contributed by atoms with Crippen LogP contribution in [0.5, 0.6) is 0 Å². The van der Waals surface area contributed by atoms with E-state index in [-0.39, 0.29) is 6.04 Å². The van der Waals surface area contributed by atoms with E-state index in [4.69, 9.17) is 9.97 Å². The summed E-state index contributed by atoms with van der Waals surface area (Å²) < 4.78 is 2.06. The fraction of sp³-hybridized carbons (Fsp3) is 0.261. The number of nitrogens with one attached hydrogen (secondary N) is 2. The number of anilines is 4. The van der Waals surface area contributed by atoms with Gasteiger partial charge in [-0.05, 0) is 37.6 Å². The van der Waals surface area contributed by atoms with E-state index < -0.39 is 0 Å². The first-order valence-electron chi connectivity index (χ1n) is 10.1. The number of rotatable bonds is 7. The molecule has 0 fully saturated rings. The minimum Gasteiger partial charge on any atom is -0.378 e. The van der Waals surface area contributed by atoms with E-state index in [1.165, 1.54) is 5.56 Å². The summed E-state index contributed by atoms with van der Waals surface area (Å²) in [5, 5.41) is 6.79. The topological polar surface area (TPSA) is 70.9 Å². The van der Waals surface area contributed by atoms with Crippen molar-refractivity contribution in [2.24, 2.45) is 0 Å². The molecule has 7 nitrogen and oxygen atoms in total. The van der Waals surface area contributed by atoms with Crippen LogP contribution < -0.4 is 15.5 Å². The molecule has 2 aromatic carbocycles. The van der Waals surface area contributed by atoms with Crippen LogP contribution in [-0.2, 0) is 6.54 Å². The lowest BCUT2D eigenvalue weighted by molar-refractivity contribution is 0.613. The van der Waals surface area contributed by atoms with Crippen LogP contribution in [0.4, 0.5) is 23.1 Å². The molecule has 0 bridgehead atoms. The van der Waals surface area contributed by atoms with Gasteiger partial charge in [-0.2, -0.15) is 9.97 Å². The molecule has 0 saturated heterocycles. The molecule has 0 radical (unpaired) electrons. The van der Waals surface area contributed by atoms with Crippen LogP contribution in [0, 0.1) is 0 Å². The number of imidazole rings is 1. The fourth-order valence-corrected chi connectivity index (χ4v) is 3.25. The Hall–Kier alpha value is -3.61. The van der Waals surface area contributed by atoms with Gasteiger partial charge in [0.15, 0.2) is 17.0 Å². The maximum Gasteiger partial charge on any atom is 0.231 e. The van der Waals surface area contributed by atoms with Crippen LogP contribution in [0.3, 0.4) is 0 Å². The molecular formula is C23H27N7. The molecule has 30 heavy (non-hydrogen) atoms. The lowest BCUT2D eigenvalue weighted by Crippen LogP contribution is -2.09. The predicted molar refractivity (Wildman–Crippen MR) is 124 cm³/mol. The smallest absolute Gasteiger partial charge is 0.231 e. The molecule has 154 valence electrons. The van der Waals surface area contributed by atoms with E-state index in [9.17, 15) is 0 Å². The highest BCUT2D eigenvalue weighted by atomic mass is 15.2. The van der Waals surface area contributed by atoms with Crippen molar-refractivity contribution in [3.8, 4) is 0 Å². The van der Waals surface area contributed by atoms with Crippen molar-refractivity contribution >= 4 is 34.3 Å². The monoisotopic (exact) mass is 401 g/mol. The van der Waals surface area contributed by atoms with Crippen LogP contribution in [0.2, 0.25) is 0 Å². The van der Waals surface area contributed by atoms with Crippen LogP contribution >= 0.6 is 0 Å². The van der Waals surface area contributed by atoms with Crippen LogP contribution in [0.15, 0.2) is 60.9 Å². The van der Waals surface area contributed by atoms with Gasteiger partial charge in [0.25, 0.3) is 0 Å². The molecule has 4 aromatic rings. The van der Waals surface area contributed by atoms with Gasteiger partial charge in [-0.25, -0.2) is 4.98 Å². The summed E-state index contributed by atoms with van der Waals surface area (Å²) in [5.41, 5.74) is 4.80. The summed E-state index contributed by atoms with van der Waals surface area (Å²) in [4.78, 5) is 16.1. The highest BCUT2D eigenvalue weighted by molar-refractivity contribution is 5.85. The standard InChI is InChI=1S/C23H27N7/c1-16(2)30-15-25-20-21(24-14-17-9-6-5-7-10-17)27-23(28-22(20)30)26-18-11-8-12-19(13-18)29(3)4/h5-13,15-16H,14H2,1-4H3,(H2,24,26,27,28). The van der Waals surface area contributed by atoms with Gasteiger partial charge in [0.1, 0.15) is 0 Å². The normalized spacial score (nSPS) is 11.1. The lowest BCUT2D eigenvalue weighted by atomic mass is 10.2. The quantitative estimate of drug-likeness (QED) is 0.462. The third kappa shape index (κ3) is 4.20. The zero-order chi connectivity index (χ0) is 21.1. The van der Waals surface area contributed by atoms with Gasteiger partial charge in [-0.3, -0.25) is 0 Å². The van der Waals surface area contributed by atoms with Gasteiger partial charge in [0.2, 0.25) is 5.95 Å². The minimum absolute atomic E-state index is 0.247. The molecule has 0 saturated carbocycles. The molecule has 0 unspecified atom stereocenters. The first-order valence-corrected chi connectivity index (χ1v) is 10.1. The van der Waals surface area contributed by atoms with E-state index in [2.05, 4.69) is 63.2 Å². The molecule has 0 spiro atoms. The maximum atomic E-state index is 4.77. The van der Waals surface area contributed by atoms with E-state index in [1.807, 2.05) is 50.8 Å². The highest BCUT2D eigenvalue weighted by Gasteiger charge is 2.15. The molecular weight excluding hydrogens is 374 g/mol. The Morgan fingerprint density at radius 3 is 2.53 bits per heavy atom. The zero-order valence-electron chi connectivity index (χ0n) is 17.8. The van der Waals surface area contributed by atoms with Crippen molar-refractivity contribution in [2.75, 3.05) is 29.6 Å². The van der Waals surface area contributed by atoms with Gasteiger partial charge >= 0.3 is 0 Å². The number of hydrogen-bond donors (Lipinski definition) is 2. The fourth-order valence-electron chi connectivity index (χ4n) is 3.25. The Bertz CT molecular complexity index is 1130. The Kier molecular flexibility index (Phi) is 5.52. The first kappa shape index (κ1) is 19.7. The van der Waals surface area contributed by atoms with Crippen molar-refractivity contribution in [2.45, 2.75) is 26.4 Å². The molecule has 2 heterocycles. The number of nitrogens with zero attached hydrogens (tertiary/aromatic N) is 5. The average molecular weight is 402 g/mol. The molecule has 4 rings (SSSR count). The van der Waals surface area contributed by atoms with Gasteiger partial charge in [0.05, 0.1) is 6.33 Å². The molecule has 7 heteroatoms. The Morgan fingerprint density at radius 2 is 1.80 bits per heavy atom. The number of hydrogen-bond acceptors (Lipinski definition) is 6. The Labute approximate surface area is 176 Å². The maximum absolute atomic E-state index is 4.77. The second-order valence-corrected chi connectivity index (χ2v) is 7.72. The number of benzene rings is 2. The summed E-state index contributed by atoms with van der Waals surface area (Å²) in [7, 11) is 4.04. The van der Waals surface area contributed by atoms with Gasteiger partial charge in [0, 0.05) is 38.1 Å².